The highest BCUT2D eigenvalue weighted by Crippen LogP contribution is 2.03. The van der Waals surface area contributed by atoms with Crippen LogP contribution in [0.1, 0.15) is 25.6 Å². The number of aromatic nitrogens is 2. The minimum atomic E-state index is -0.952. The maximum absolute atomic E-state index is 10.5. The third kappa shape index (κ3) is 3.36. The lowest BCUT2D eigenvalue weighted by atomic mass is 10.2. The second-order valence-electron chi connectivity index (χ2n) is 3.52. The summed E-state index contributed by atoms with van der Waals surface area (Å²) in [6, 6.07) is -0.790. The summed E-state index contributed by atoms with van der Waals surface area (Å²) in [5.74, 6) is 0.0437. The number of imidazole rings is 1. The van der Waals surface area contributed by atoms with Crippen molar-refractivity contribution in [1.29, 1.82) is 0 Å². The molecule has 0 spiro atoms. The summed E-state index contributed by atoms with van der Waals surface area (Å²) in [5, 5.41) is 8.63. The summed E-state index contributed by atoms with van der Waals surface area (Å²) in [6.45, 7) is 2.70. The fourth-order valence-corrected chi connectivity index (χ4v) is 1.40. The highest BCUT2D eigenvalue weighted by atomic mass is 16.4. The molecule has 0 aliphatic carbocycles. The molecule has 0 bridgehead atoms. The molecular weight excluding hydrogens is 194 g/mol. The van der Waals surface area contributed by atoms with Gasteiger partial charge in [0.1, 0.15) is 11.9 Å². The first kappa shape index (κ1) is 11.7. The number of nitrogens with two attached hydrogens (primary N) is 1. The number of aryl methyl sites for hydroxylation is 2. The number of carboxylic acids is 1. The van der Waals surface area contributed by atoms with E-state index in [0.29, 0.717) is 13.0 Å². The molecule has 0 fully saturated rings. The molecule has 0 amide bonds. The summed E-state index contributed by atoms with van der Waals surface area (Å²) >= 11 is 0. The van der Waals surface area contributed by atoms with Gasteiger partial charge in [-0.05, 0) is 12.8 Å². The number of carbonyl (C=O) groups is 1. The van der Waals surface area contributed by atoms with Gasteiger partial charge in [0, 0.05) is 25.4 Å². The van der Waals surface area contributed by atoms with E-state index >= 15 is 0 Å². The topological polar surface area (TPSA) is 81.1 Å². The van der Waals surface area contributed by atoms with Gasteiger partial charge in [-0.15, -0.1) is 0 Å². The maximum Gasteiger partial charge on any atom is 0.320 e. The molecule has 5 heteroatoms. The van der Waals surface area contributed by atoms with Gasteiger partial charge in [-0.25, -0.2) is 4.98 Å². The Labute approximate surface area is 88.9 Å². The highest BCUT2D eigenvalue weighted by Gasteiger charge is 2.11. The average Bonchev–Trinajstić information content (AvgIpc) is 2.62. The van der Waals surface area contributed by atoms with Crippen LogP contribution >= 0.6 is 0 Å². The predicted octanol–water partition coefficient (Wildman–Crippen LogP) is 0.638. The molecule has 0 radical (unpaired) electrons. The molecule has 5 nitrogen and oxygen atoms in total. The van der Waals surface area contributed by atoms with E-state index < -0.39 is 12.0 Å². The van der Waals surface area contributed by atoms with Crippen LogP contribution in [-0.2, 0) is 17.8 Å². The molecule has 1 atom stereocenters. The molecule has 1 unspecified atom stereocenters. The zero-order chi connectivity index (χ0) is 11.3. The van der Waals surface area contributed by atoms with Gasteiger partial charge in [-0.3, -0.25) is 4.79 Å². The van der Waals surface area contributed by atoms with E-state index in [4.69, 9.17) is 10.8 Å². The summed E-state index contributed by atoms with van der Waals surface area (Å²) < 4.78 is 1.96. The molecule has 1 heterocycles. The van der Waals surface area contributed by atoms with E-state index in [0.717, 1.165) is 18.7 Å². The Hall–Kier alpha value is -1.36. The molecular formula is C10H17N3O2. The van der Waals surface area contributed by atoms with Crippen LogP contribution in [0.2, 0.25) is 0 Å². The van der Waals surface area contributed by atoms with Gasteiger partial charge in [0.2, 0.25) is 0 Å². The van der Waals surface area contributed by atoms with E-state index in [1.165, 1.54) is 0 Å². The Bertz CT molecular complexity index is 322. The van der Waals surface area contributed by atoms with E-state index in [-0.39, 0.29) is 0 Å². The second kappa shape index (κ2) is 5.50. The van der Waals surface area contributed by atoms with E-state index in [1.807, 2.05) is 10.8 Å². The normalized spacial score (nSPS) is 12.7. The molecule has 84 valence electrons. The Balaban J connectivity index is 2.49. The van der Waals surface area contributed by atoms with Crippen LogP contribution in [0.4, 0.5) is 0 Å². The van der Waals surface area contributed by atoms with Gasteiger partial charge in [0.25, 0.3) is 0 Å². The lowest BCUT2D eigenvalue weighted by Gasteiger charge is -2.09. The first-order valence-corrected chi connectivity index (χ1v) is 5.13. The first-order valence-electron chi connectivity index (χ1n) is 5.13. The minimum Gasteiger partial charge on any atom is -0.480 e. The van der Waals surface area contributed by atoms with Crippen molar-refractivity contribution in [2.24, 2.45) is 5.73 Å². The number of hydrogen-bond donors (Lipinski definition) is 2. The first-order chi connectivity index (χ1) is 7.15. The van der Waals surface area contributed by atoms with Crippen molar-refractivity contribution in [3.8, 4) is 0 Å². The molecule has 1 aromatic rings. The molecule has 15 heavy (non-hydrogen) atoms. The van der Waals surface area contributed by atoms with Crippen LogP contribution in [0, 0.1) is 0 Å². The molecule has 0 aromatic carbocycles. The van der Waals surface area contributed by atoms with Gasteiger partial charge in [0.05, 0.1) is 0 Å². The Morgan fingerprint density at radius 2 is 2.47 bits per heavy atom. The lowest BCUT2D eigenvalue weighted by Crippen LogP contribution is -2.31. The van der Waals surface area contributed by atoms with Crippen molar-refractivity contribution in [2.45, 2.75) is 38.8 Å². The lowest BCUT2D eigenvalue weighted by molar-refractivity contribution is -0.138. The maximum atomic E-state index is 10.5. The summed E-state index contributed by atoms with van der Waals surface area (Å²) in [5.41, 5.74) is 5.42. The number of aliphatic carboxylic acids is 1. The van der Waals surface area contributed by atoms with Crippen molar-refractivity contribution in [3.63, 3.8) is 0 Å². The van der Waals surface area contributed by atoms with Gasteiger partial charge in [-0.1, -0.05) is 6.92 Å². The largest absolute Gasteiger partial charge is 0.480 e. The summed E-state index contributed by atoms with van der Waals surface area (Å²) in [6.07, 6.45) is 5.97. The zero-order valence-corrected chi connectivity index (χ0v) is 8.89. The van der Waals surface area contributed by atoms with Crippen LogP contribution < -0.4 is 5.73 Å². The van der Waals surface area contributed by atoms with Crippen LogP contribution in [0.5, 0.6) is 0 Å². The zero-order valence-electron chi connectivity index (χ0n) is 8.89. The fourth-order valence-electron chi connectivity index (χ4n) is 1.40. The fraction of sp³-hybridized carbons (Fsp3) is 0.600. The van der Waals surface area contributed by atoms with E-state index in [9.17, 15) is 4.79 Å². The van der Waals surface area contributed by atoms with Crippen LogP contribution in [0.15, 0.2) is 12.4 Å². The molecule has 0 aliphatic rings. The van der Waals surface area contributed by atoms with Crippen molar-refractivity contribution in [2.75, 3.05) is 0 Å². The average molecular weight is 211 g/mol. The minimum absolute atomic E-state index is 0.433. The van der Waals surface area contributed by atoms with Crippen molar-refractivity contribution < 1.29 is 9.90 Å². The number of hydrogen-bond acceptors (Lipinski definition) is 3. The Morgan fingerprint density at radius 1 is 1.73 bits per heavy atom. The van der Waals surface area contributed by atoms with Gasteiger partial charge >= 0.3 is 5.97 Å². The number of rotatable bonds is 6. The molecule has 0 saturated carbocycles. The molecule has 0 aliphatic heterocycles. The van der Waals surface area contributed by atoms with Crippen LogP contribution in [-0.4, -0.2) is 26.7 Å². The van der Waals surface area contributed by atoms with Crippen molar-refractivity contribution in [3.05, 3.63) is 18.2 Å². The standard InChI is InChI=1S/C10H17N3O2/c1-2-3-9-12-5-7-13(9)6-4-8(11)10(14)15/h5,7-8H,2-4,6,11H2,1H3,(H,14,15). The smallest absolute Gasteiger partial charge is 0.320 e. The van der Waals surface area contributed by atoms with Gasteiger partial charge in [0.15, 0.2) is 0 Å². The molecule has 1 rings (SSSR count). The summed E-state index contributed by atoms with van der Waals surface area (Å²) in [7, 11) is 0. The van der Waals surface area contributed by atoms with Crippen molar-refractivity contribution >= 4 is 5.97 Å². The van der Waals surface area contributed by atoms with Crippen LogP contribution in [0.25, 0.3) is 0 Å². The van der Waals surface area contributed by atoms with Gasteiger partial charge in [-0.2, -0.15) is 0 Å². The Kier molecular flexibility index (Phi) is 4.30. The van der Waals surface area contributed by atoms with Crippen LogP contribution in [0.3, 0.4) is 0 Å². The van der Waals surface area contributed by atoms with Crippen molar-refractivity contribution in [1.82, 2.24) is 9.55 Å². The summed E-state index contributed by atoms with van der Waals surface area (Å²) in [4.78, 5) is 14.7. The van der Waals surface area contributed by atoms with E-state index in [2.05, 4.69) is 11.9 Å². The van der Waals surface area contributed by atoms with Gasteiger partial charge < -0.3 is 15.4 Å². The Morgan fingerprint density at radius 3 is 3.07 bits per heavy atom. The highest BCUT2D eigenvalue weighted by molar-refractivity contribution is 5.72. The SMILES string of the molecule is CCCc1nccn1CCC(N)C(=O)O. The molecule has 3 N–H and O–H groups in total. The monoisotopic (exact) mass is 211 g/mol. The third-order valence-corrected chi connectivity index (χ3v) is 2.27. The quantitative estimate of drug-likeness (QED) is 0.723. The third-order valence-electron chi connectivity index (χ3n) is 2.27. The number of carboxylic acid groups (broad SMARTS) is 1. The molecule has 0 saturated heterocycles. The van der Waals surface area contributed by atoms with E-state index in [1.54, 1.807) is 6.20 Å². The predicted molar refractivity (Wildman–Crippen MR) is 56.5 cm³/mol. The second-order valence-corrected chi connectivity index (χ2v) is 3.52. The number of nitrogens with zero attached hydrogens (tertiary/aromatic N) is 2. The molecule has 1 aromatic heterocycles.